The van der Waals surface area contributed by atoms with Gasteiger partial charge in [0.05, 0.1) is 12.2 Å². The van der Waals surface area contributed by atoms with E-state index in [2.05, 4.69) is 34.9 Å². The summed E-state index contributed by atoms with van der Waals surface area (Å²) in [6.07, 6.45) is -0.431. The van der Waals surface area contributed by atoms with E-state index in [4.69, 9.17) is 19.8 Å². The normalized spacial score (nSPS) is 24.7. The van der Waals surface area contributed by atoms with E-state index in [-0.39, 0.29) is 24.0 Å². The number of carboxylic acid groups (broad SMARTS) is 2. The van der Waals surface area contributed by atoms with Crippen LogP contribution in [-0.4, -0.2) is 70.8 Å². The molecule has 2 aliphatic rings. The van der Waals surface area contributed by atoms with Crippen molar-refractivity contribution >= 4 is 11.9 Å². The summed E-state index contributed by atoms with van der Waals surface area (Å²) in [5, 5.41) is 40.3. The van der Waals surface area contributed by atoms with Crippen molar-refractivity contribution in [2.24, 2.45) is 0 Å². The third-order valence-electron chi connectivity index (χ3n) is 5.00. The van der Waals surface area contributed by atoms with Gasteiger partial charge < -0.3 is 31.1 Å². The molecule has 30 heavy (non-hydrogen) atoms. The van der Waals surface area contributed by atoms with Gasteiger partial charge >= 0.3 is 11.9 Å². The van der Waals surface area contributed by atoms with Gasteiger partial charge in [-0.1, -0.05) is 60.7 Å². The molecule has 2 aromatic carbocycles. The standard InChI is InChI=1S/2C10H13NO.C2H2O4/c2*12-10-7-11-6-9(10)8-4-2-1-3-5-8;3-1(4)2(5)6/h2*1-5,9-12H,6-7H2;(H,3,4)(H,5,6)/t2*9-,10+;/m00./s1. The predicted molar refractivity (Wildman–Crippen MR) is 111 cm³/mol. The fourth-order valence-electron chi connectivity index (χ4n) is 3.41. The van der Waals surface area contributed by atoms with Crippen molar-refractivity contribution in [3.05, 3.63) is 71.8 Å². The molecule has 0 bridgehead atoms. The second-order valence-electron chi connectivity index (χ2n) is 7.10. The first-order valence-corrected chi connectivity index (χ1v) is 9.73. The Labute approximate surface area is 175 Å². The molecule has 2 aliphatic heterocycles. The zero-order valence-corrected chi connectivity index (χ0v) is 16.5. The fraction of sp³-hybridized carbons (Fsp3) is 0.364. The average molecular weight is 416 g/mol. The first-order chi connectivity index (χ1) is 14.4. The molecule has 0 radical (unpaired) electrons. The Kier molecular flexibility index (Phi) is 9.43. The summed E-state index contributed by atoms with van der Waals surface area (Å²) in [4.78, 5) is 18.2. The Morgan fingerprint density at radius 1 is 0.633 bits per heavy atom. The molecule has 2 saturated heterocycles. The molecule has 0 aliphatic carbocycles. The Hall–Kier alpha value is -2.78. The van der Waals surface area contributed by atoms with Crippen molar-refractivity contribution in [2.45, 2.75) is 24.0 Å². The molecular formula is C22H28N2O6. The number of aliphatic hydroxyl groups excluding tert-OH is 2. The summed E-state index contributed by atoms with van der Waals surface area (Å²) in [6.45, 7) is 3.23. The number of aliphatic hydroxyl groups is 2. The Morgan fingerprint density at radius 3 is 1.20 bits per heavy atom. The van der Waals surface area contributed by atoms with Crippen molar-refractivity contribution < 1.29 is 30.0 Å². The summed E-state index contributed by atoms with van der Waals surface area (Å²) in [7, 11) is 0. The van der Waals surface area contributed by atoms with Gasteiger partial charge in [-0.05, 0) is 11.1 Å². The molecule has 2 aromatic rings. The van der Waals surface area contributed by atoms with Gasteiger partial charge in [0.2, 0.25) is 0 Å². The largest absolute Gasteiger partial charge is 0.473 e. The minimum atomic E-state index is -1.82. The van der Waals surface area contributed by atoms with Crippen LogP contribution in [0.15, 0.2) is 60.7 Å². The molecule has 0 spiro atoms. The number of aliphatic carboxylic acids is 2. The summed E-state index contributed by atoms with van der Waals surface area (Å²) in [6, 6.07) is 20.3. The van der Waals surface area contributed by atoms with Gasteiger partial charge in [-0.25, -0.2) is 9.59 Å². The van der Waals surface area contributed by atoms with Crippen LogP contribution in [0.4, 0.5) is 0 Å². The lowest BCUT2D eigenvalue weighted by atomic mass is 9.96. The van der Waals surface area contributed by atoms with E-state index in [0.29, 0.717) is 0 Å². The molecule has 4 rings (SSSR count). The molecule has 8 heteroatoms. The minimum Gasteiger partial charge on any atom is -0.473 e. The van der Waals surface area contributed by atoms with Crippen LogP contribution in [-0.2, 0) is 9.59 Å². The fourth-order valence-corrected chi connectivity index (χ4v) is 3.41. The molecule has 8 nitrogen and oxygen atoms in total. The number of benzene rings is 2. The van der Waals surface area contributed by atoms with Gasteiger partial charge in [0.25, 0.3) is 0 Å². The first-order valence-electron chi connectivity index (χ1n) is 9.73. The monoisotopic (exact) mass is 416 g/mol. The average Bonchev–Trinajstić information content (AvgIpc) is 3.38. The second kappa shape index (κ2) is 12.0. The van der Waals surface area contributed by atoms with Gasteiger partial charge in [0, 0.05) is 38.0 Å². The maximum Gasteiger partial charge on any atom is 0.414 e. The lowest BCUT2D eigenvalue weighted by Crippen LogP contribution is -2.15. The van der Waals surface area contributed by atoms with Crippen LogP contribution in [0.2, 0.25) is 0 Å². The molecular weight excluding hydrogens is 388 g/mol. The zero-order chi connectivity index (χ0) is 21.9. The second-order valence-corrected chi connectivity index (χ2v) is 7.10. The molecule has 6 N–H and O–H groups in total. The number of β-amino-alcohol motifs (C(OH)–C–C–N with tert-alkyl or cyclic N) is 2. The van der Waals surface area contributed by atoms with E-state index in [9.17, 15) is 10.2 Å². The summed E-state index contributed by atoms with van der Waals surface area (Å²) in [5.74, 6) is -3.08. The van der Waals surface area contributed by atoms with Crippen LogP contribution in [0.1, 0.15) is 23.0 Å². The van der Waals surface area contributed by atoms with Crippen LogP contribution >= 0.6 is 0 Å². The van der Waals surface area contributed by atoms with Crippen LogP contribution in [0.25, 0.3) is 0 Å². The van der Waals surface area contributed by atoms with E-state index in [1.807, 2.05) is 36.4 Å². The van der Waals surface area contributed by atoms with Crippen LogP contribution in [0, 0.1) is 0 Å². The van der Waals surface area contributed by atoms with Gasteiger partial charge in [0.1, 0.15) is 0 Å². The maximum atomic E-state index is 9.58. The van der Waals surface area contributed by atoms with E-state index in [1.165, 1.54) is 11.1 Å². The van der Waals surface area contributed by atoms with Crippen LogP contribution in [0.3, 0.4) is 0 Å². The smallest absolute Gasteiger partial charge is 0.414 e. The van der Waals surface area contributed by atoms with E-state index in [1.54, 1.807) is 0 Å². The topological polar surface area (TPSA) is 139 Å². The van der Waals surface area contributed by atoms with Crippen molar-refractivity contribution in [1.29, 1.82) is 0 Å². The molecule has 0 saturated carbocycles. The van der Waals surface area contributed by atoms with E-state index in [0.717, 1.165) is 26.2 Å². The molecule has 2 fully saturated rings. The van der Waals surface area contributed by atoms with E-state index >= 15 is 0 Å². The van der Waals surface area contributed by atoms with E-state index < -0.39 is 11.9 Å². The first kappa shape index (κ1) is 23.5. The van der Waals surface area contributed by atoms with Crippen molar-refractivity contribution in [2.75, 3.05) is 26.2 Å². The SMILES string of the molecule is O=C(O)C(=O)O.O[C@@H]1CNC[C@H]1c1ccccc1.O[C@@H]1CNC[C@H]1c1ccccc1. The third kappa shape index (κ3) is 7.23. The van der Waals surface area contributed by atoms with Gasteiger partial charge in [-0.15, -0.1) is 0 Å². The Morgan fingerprint density at radius 2 is 0.967 bits per heavy atom. The van der Waals surface area contributed by atoms with Crippen molar-refractivity contribution in [3.63, 3.8) is 0 Å². The predicted octanol–water partition coefficient (Wildman–Crippen LogP) is 0.624. The summed E-state index contributed by atoms with van der Waals surface area (Å²) < 4.78 is 0. The zero-order valence-electron chi connectivity index (χ0n) is 16.5. The third-order valence-corrected chi connectivity index (χ3v) is 5.00. The summed E-state index contributed by atoms with van der Waals surface area (Å²) >= 11 is 0. The van der Waals surface area contributed by atoms with Crippen LogP contribution < -0.4 is 10.6 Å². The van der Waals surface area contributed by atoms with Gasteiger partial charge in [0.15, 0.2) is 0 Å². The Bertz CT molecular complexity index is 719. The number of rotatable bonds is 2. The lowest BCUT2D eigenvalue weighted by Gasteiger charge is -2.12. The molecule has 162 valence electrons. The lowest BCUT2D eigenvalue weighted by molar-refractivity contribution is -0.159. The number of nitrogens with one attached hydrogen (secondary N) is 2. The molecule has 0 unspecified atom stereocenters. The maximum absolute atomic E-state index is 9.58. The minimum absolute atomic E-state index is 0.215. The Balaban J connectivity index is 0.000000171. The van der Waals surface area contributed by atoms with Gasteiger partial charge in [-0.3, -0.25) is 0 Å². The molecule has 0 aromatic heterocycles. The molecule has 0 amide bonds. The number of hydrogen-bond donors (Lipinski definition) is 6. The molecule has 2 heterocycles. The summed E-state index contributed by atoms with van der Waals surface area (Å²) in [5.41, 5.74) is 2.46. The highest BCUT2D eigenvalue weighted by atomic mass is 16.4. The highest BCUT2D eigenvalue weighted by Crippen LogP contribution is 2.22. The van der Waals surface area contributed by atoms with Crippen molar-refractivity contribution in [3.8, 4) is 0 Å². The molecule has 4 atom stereocenters. The van der Waals surface area contributed by atoms with Crippen molar-refractivity contribution in [1.82, 2.24) is 10.6 Å². The van der Waals surface area contributed by atoms with Gasteiger partial charge in [-0.2, -0.15) is 0 Å². The highest BCUT2D eigenvalue weighted by Gasteiger charge is 2.26. The quantitative estimate of drug-likeness (QED) is 0.392. The highest BCUT2D eigenvalue weighted by molar-refractivity contribution is 6.27. The number of carboxylic acids is 2. The van der Waals surface area contributed by atoms with Crippen LogP contribution in [0.5, 0.6) is 0 Å². The number of carbonyl (C=O) groups is 2. The number of hydrogen-bond acceptors (Lipinski definition) is 6.